The Labute approximate surface area is 65.4 Å². The van der Waals surface area contributed by atoms with Crippen LogP contribution in [0.3, 0.4) is 0 Å². The molecule has 0 aliphatic carbocycles. The van der Waals surface area contributed by atoms with E-state index in [-0.39, 0.29) is 11.8 Å². The van der Waals surface area contributed by atoms with Gasteiger partial charge < -0.3 is 9.57 Å². The summed E-state index contributed by atoms with van der Waals surface area (Å²) in [6.45, 7) is 1.09. The molecule has 0 aromatic rings. The lowest BCUT2D eigenvalue weighted by molar-refractivity contribution is 0.187. The van der Waals surface area contributed by atoms with Crippen molar-refractivity contribution in [3.05, 3.63) is 0 Å². The minimum absolute atomic E-state index is 0.0612. The molecular weight excluding hydrogens is 144 g/mol. The first-order valence-corrected chi connectivity index (χ1v) is 3.42. The van der Waals surface area contributed by atoms with Crippen LogP contribution in [0.15, 0.2) is 5.16 Å². The normalized spacial score (nSPS) is 30.5. The van der Waals surface area contributed by atoms with Crippen LogP contribution in [-0.4, -0.2) is 26.5 Å². The highest BCUT2D eigenvalue weighted by atomic mass is 16.6. The molecular formula is C7H10N2O2. The molecule has 11 heavy (non-hydrogen) atoms. The molecule has 0 aromatic carbocycles. The Balaban J connectivity index is 2.45. The average molecular weight is 154 g/mol. The van der Waals surface area contributed by atoms with E-state index in [1.54, 1.807) is 6.21 Å². The summed E-state index contributed by atoms with van der Waals surface area (Å²) in [5.41, 5.74) is 0. The highest BCUT2D eigenvalue weighted by molar-refractivity contribution is 5.61. The van der Waals surface area contributed by atoms with Crippen molar-refractivity contribution in [3.8, 4) is 6.07 Å². The number of rotatable bonds is 2. The molecule has 4 heteroatoms. The van der Waals surface area contributed by atoms with Gasteiger partial charge in [0.1, 0.15) is 7.11 Å². The smallest absolute Gasteiger partial charge is 0.106 e. The zero-order chi connectivity index (χ0) is 8.10. The summed E-state index contributed by atoms with van der Waals surface area (Å²) in [5, 5.41) is 12.2. The Morgan fingerprint density at radius 3 is 3.18 bits per heavy atom. The molecule has 1 rings (SSSR count). The Morgan fingerprint density at radius 2 is 2.55 bits per heavy atom. The van der Waals surface area contributed by atoms with Gasteiger partial charge in [-0.05, 0) is 0 Å². The fourth-order valence-electron chi connectivity index (χ4n) is 0.990. The van der Waals surface area contributed by atoms with E-state index >= 15 is 0 Å². The van der Waals surface area contributed by atoms with E-state index in [0.717, 1.165) is 0 Å². The molecule has 1 aliphatic rings. The standard InChI is InChI=1S/C7H10N2O2/c1-10-9-3-7-5-11-4-6(7)2-8/h3,6-7H,4-5H2,1H3/b9-3+. The number of nitrogens with zero attached hydrogens (tertiary/aromatic N) is 2. The molecule has 1 saturated heterocycles. The molecule has 0 amide bonds. The van der Waals surface area contributed by atoms with Gasteiger partial charge in [-0.3, -0.25) is 0 Å². The zero-order valence-electron chi connectivity index (χ0n) is 6.36. The van der Waals surface area contributed by atoms with Gasteiger partial charge >= 0.3 is 0 Å². The summed E-state index contributed by atoms with van der Waals surface area (Å²) in [7, 11) is 1.48. The van der Waals surface area contributed by atoms with Gasteiger partial charge in [0.2, 0.25) is 0 Å². The number of hydrogen-bond acceptors (Lipinski definition) is 4. The van der Waals surface area contributed by atoms with Crippen molar-refractivity contribution in [1.82, 2.24) is 0 Å². The maximum absolute atomic E-state index is 8.60. The molecule has 2 atom stereocenters. The summed E-state index contributed by atoms with van der Waals surface area (Å²) in [6.07, 6.45) is 1.63. The van der Waals surface area contributed by atoms with Crippen LogP contribution < -0.4 is 0 Å². The highest BCUT2D eigenvalue weighted by Crippen LogP contribution is 2.17. The quantitative estimate of drug-likeness (QED) is 0.427. The minimum atomic E-state index is -0.0612. The van der Waals surface area contributed by atoms with Crippen LogP contribution in [0.4, 0.5) is 0 Å². The molecule has 0 bridgehead atoms. The predicted molar refractivity (Wildman–Crippen MR) is 38.9 cm³/mol. The zero-order valence-corrected chi connectivity index (χ0v) is 6.36. The van der Waals surface area contributed by atoms with Crippen molar-refractivity contribution in [2.45, 2.75) is 0 Å². The molecule has 0 N–H and O–H groups in total. The van der Waals surface area contributed by atoms with Crippen LogP contribution in [0.25, 0.3) is 0 Å². The van der Waals surface area contributed by atoms with E-state index in [4.69, 9.17) is 10.00 Å². The van der Waals surface area contributed by atoms with Gasteiger partial charge in [-0.2, -0.15) is 5.26 Å². The summed E-state index contributed by atoms with van der Waals surface area (Å²) >= 11 is 0. The molecule has 0 aromatic heterocycles. The second-order valence-corrected chi connectivity index (χ2v) is 2.37. The van der Waals surface area contributed by atoms with E-state index in [9.17, 15) is 0 Å². The molecule has 0 spiro atoms. The van der Waals surface area contributed by atoms with E-state index < -0.39 is 0 Å². The van der Waals surface area contributed by atoms with Crippen molar-refractivity contribution in [2.75, 3.05) is 20.3 Å². The maximum atomic E-state index is 8.60. The Bertz CT molecular complexity index is 185. The average Bonchev–Trinajstić information content (AvgIpc) is 2.47. The Kier molecular flexibility index (Phi) is 2.87. The third kappa shape index (κ3) is 1.92. The second-order valence-electron chi connectivity index (χ2n) is 2.37. The molecule has 4 nitrogen and oxygen atoms in total. The third-order valence-electron chi connectivity index (χ3n) is 1.65. The van der Waals surface area contributed by atoms with Crippen LogP contribution in [0, 0.1) is 23.2 Å². The van der Waals surface area contributed by atoms with Gasteiger partial charge in [-0.15, -0.1) is 0 Å². The lowest BCUT2D eigenvalue weighted by atomic mass is 9.99. The Morgan fingerprint density at radius 1 is 1.73 bits per heavy atom. The summed E-state index contributed by atoms with van der Waals surface area (Å²) in [4.78, 5) is 4.50. The van der Waals surface area contributed by atoms with Crippen molar-refractivity contribution < 1.29 is 9.57 Å². The van der Waals surface area contributed by atoms with Gasteiger partial charge in [0.05, 0.1) is 31.4 Å². The van der Waals surface area contributed by atoms with E-state index in [0.29, 0.717) is 13.2 Å². The van der Waals surface area contributed by atoms with Crippen LogP contribution >= 0.6 is 0 Å². The predicted octanol–water partition coefficient (Wildman–Crippen LogP) is 0.405. The van der Waals surface area contributed by atoms with Crippen LogP contribution in [-0.2, 0) is 9.57 Å². The Hall–Kier alpha value is -1.08. The van der Waals surface area contributed by atoms with Crippen LogP contribution in [0.5, 0.6) is 0 Å². The molecule has 0 radical (unpaired) electrons. The first kappa shape index (κ1) is 8.02. The number of oxime groups is 1. The highest BCUT2D eigenvalue weighted by Gasteiger charge is 2.26. The summed E-state index contributed by atoms with van der Waals surface area (Å²) < 4.78 is 5.09. The van der Waals surface area contributed by atoms with Gasteiger partial charge in [0, 0.05) is 5.92 Å². The minimum Gasteiger partial charge on any atom is -0.399 e. The molecule has 1 fully saturated rings. The lowest BCUT2D eigenvalue weighted by Gasteiger charge is -2.01. The van der Waals surface area contributed by atoms with Crippen LogP contribution in [0.2, 0.25) is 0 Å². The maximum Gasteiger partial charge on any atom is 0.106 e. The monoisotopic (exact) mass is 154 g/mol. The third-order valence-corrected chi connectivity index (χ3v) is 1.65. The molecule has 0 saturated carbocycles. The molecule has 1 aliphatic heterocycles. The van der Waals surface area contributed by atoms with Gasteiger partial charge in [-0.25, -0.2) is 0 Å². The van der Waals surface area contributed by atoms with Gasteiger partial charge in [-0.1, -0.05) is 5.16 Å². The number of nitriles is 1. The van der Waals surface area contributed by atoms with E-state index in [1.807, 2.05) is 0 Å². The fraction of sp³-hybridized carbons (Fsp3) is 0.714. The van der Waals surface area contributed by atoms with Crippen molar-refractivity contribution >= 4 is 6.21 Å². The largest absolute Gasteiger partial charge is 0.399 e. The topological polar surface area (TPSA) is 54.6 Å². The van der Waals surface area contributed by atoms with Gasteiger partial charge in [0.15, 0.2) is 0 Å². The molecule has 60 valence electrons. The fourth-order valence-corrected chi connectivity index (χ4v) is 0.990. The lowest BCUT2D eigenvalue weighted by Crippen LogP contribution is -2.11. The van der Waals surface area contributed by atoms with Crippen LogP contribution in [0.1, 0.15) is 0 Å². The molecule has 2 unspecified atom stereocenters. The second kappa shape index (κ2) is 3.94. The number of ether oxygens (including phenoxy) is 1. The first-order chi connectivity index (χ1) is 5.38. The molecule has 1 heterocycles. The van der Waals surface area contributed by atoms with Crippen molar-refractivity contribution in [2.24, 2.45) is 17.0 Å². The first-order valence-electron chi connectivity index (χ1n) is 3.42. The van der Waals surface area contributed by atoms with Gasteiger partial charge in [0.25, 0.3) is 0 Å². The van der Waals surface area contributed by atoms with E-state index in [2.05, 4.69) is 16.1 Å². The summed E-state index contributed by atoms with van der Waals surface area (Å²) in [5.74, 6) is 0.0360. The summed E-state index contributed by atoms with van der Waals surface area (Å²) in [6, 6.07) is 2.15. The number of hydrogen-bond donors (Lipinski definition) is 0. The van der Waals surface area contributed by atoms with E-state index in [1.165, 1.54) is 7.11 Å². The van der Waals surface area contributed by atoms with Crippen molar-refractivity contribution in [1.29, 1.82) is 5.26 Å². The van der Waals surface area contributed by atoms with Crippen molar-refractivity contribution in [3.63, 3.8) is 0 Å². The SMILES string of the molecule is CO/N=C/C1COCC1C#N.